The highest BCUT2D eigenvalue weighted by Crippen LogP contribution is 2.38. The number of rotatable bonds is 5. The highest BCUT2D eigenvalue weighted by atomic mass is 19.4. The smallest absolute Gasteiger partial charge is 0.417 e. The summed E-state index contributed by atoms with van der Waals surface area (Å²) >= 11 is 0. The van der Waals surface area contributed by atoms with Gasteiger partial charge in [0, 0.05) is 63.8 Å². The minimum Gasteiger partial charge on any atom is -0.474 e. The number of pyridine rings is 1. The lowest BCUT2D eigenvalue weighted by atomic mass is 9.88. The van der Waals surface area contributed by atoms with Crippen molar-refractivity contribution < 1.29 is 27.4 Å². The van der Waals surface area contributed by atoms with Crippen LogP contribution in [0, 0.1) is 0 Å². The van der Waals surface area contributed by atoms with E-state index in [9.17, 15) is 18.0 Å². The molecule has 1 aliphatic heterocycles. The Morgan fingerprint density at radius 3 is 2.58 bits per heavy atom. The van der Waals surface area contributed by atoms with Gasteiger partial charge in [0.15, 0.2) is 0 Å². The molecular formula is C21H25F3N6O3. The van der Waals surface area contributed by atoms with Crippen molar-refractivity contribution in [1.29, 1.82) is 0 Å². The number of nitrogen functional groups attached to an aromatic ring is 1. The van der Waals surface area contributed by atoms with Crippen LogP contribution in [0.5, 0.6) is 5.88 Å². The van der Waals surface area contributed by atoms with Crippen LogP contribution in [-0.2, 0) is 15.7 Å². The van der Waals surface area contributed by atoms with Crippen molar-refractivity contribution in [2.24, 2.45) is 0 Å². The second-order valence-electron chi connectivity index (χ2n) is 8.14. The zero-order valence-electron chi connectivity index (χ0n) is 18.3. The summed E-state index contributed by atoms with van der Waals surface area (Å²) < 4.78 is 52.5. The van der Waals surface area contributed by atoms with Crippen LogP contribution < -0.4 is 15.4 Å². The number of morpholine rings is 1. The highest BCUT2D eigenvalue weighted by molar-refractivity contribution is 5.73. The number of amides is 1. The summed E-state index contributed by atoms with van der Waals surface area (Å²) in [4.78, 5) is 27.7. The van der Waals surface area contributed by atoms with Gasteiger partial charge in [-0.25, -0.2) is 9.97 Å². The normalized spacial score (nSPS) is 20.8. The Hall–Kier alpha value is -3.15. The fraction of sp³-hybridized carbons (Fsp3) is 0.524. The van der Waals surface area contributed by atoms with Gasteiger partial charge >= 0.3 is 6.18 Å². The Balaban J connectivity index is 1.66. The Morgan fingerprint density at radius 2 is 1.94 bits per heavy atom. The summed E-state index contributed by atoms with van der Waals surface area (Å²) in [6, 6.07) is 2.24. The number of ether oxygens (including phenoxy) is 2. The summed E-state index contributed by atoms with van der Waals surface area (Å²) in [5.74, 6) is 0.154. The van der Waals surface area contributed by atoms with E-state index in [1.54, 1.807) is 11.9 Å². The highest BCUT2D eigenvalue weighted by Gasteiger charge is 2.37. The fourth-order valence-corrected chi connectivity index (χ4v) is 3.80. The zero-order chi connectivity index (χ0) is 23.8. The van der Waals surface area contributed by atoms with Gasteiger partial charge in [0.1, 0.15) is 11.9 Å². The van der Waals surface area contributed by atoms with Gasteiger partial charge < -0.3 is 25.0 Å². The number of carbonyl (C=O) groups is 1. The van der Waals surface area contributed by atoms with Gasteiger partial charge in [-0.15, -0.1) is 0 Å². The molecule has 2 aliphatic rings. The van der Waals surface area contributed by atoms with Gasteiger partial charge in [0.25, 0.3) is 0 Å². The van der Waals surface area contributed by atoms with Gasteiger partial charge in [0.05, 0.1) is 24.5 Å². The number of hydrogen-bond donors (Lipinski definition) is 1. The van der Waals surface area contributed by atoms with E-state index in [1.165, 1.54) is 13.0 Å². The maximum atomic E-state index is 13.7. The molecule has 0 aromatic carbocycles. The molecule has 1 amide bonds. The predicted molar refractivity (Wildman–Crippen MR) is 114 cm³/mol. The van der Waals surface area contributed by atoms with Gasteiger partial charge in [-0.3, -0.25) is 4.79 Å². The fourth-order valence-electron chi connectivity index (χ4n) is 3.80. The molecule has 12 heteroatoms. The quantitative estimate of drug-likeness (QED) is 0.716. The third kappa shape index (κ3) is 5.10. The summed E-state index contributed by atoms with van der Waals surface area (Å²) in [5.41, 5.74) is 4.41. The molecule has 2 aromatic heterocycles. The maximum Gasteiger partial charge on any atom is 0.417 e. The van der Waals surface area contributed by atoms with Crippen LogP contribution in [0.3, 0.4) is 0 Å². The average Bonchev–Trinajstić information content (AvgIpc) is 2.75. The number of hydrogen-bond acceptors (Lipinski definition) is 8. The van der Waals surface area contributed by atoms with Crippen LogP contribution in [0.25, 0.3) is 11.3 Å². The van der Waals surface area contributed by atoms with Crippen molar-refractivity contribution in [3.8, 4) is 17.1 Å². The molecule has 33 heavy (non-hydrogen) atoms. The number of alkyl halides is 3. The number of nitrogens with two attached hydrogens (primary N) is 1. The number of halogens is 3. The third-order valence-electron chi connectivity index (χ3n) is 5.89. The van der Waals surface area contributed by atoms with Crippen LogP contribution in [0.2, 0.25) is 0 Å². The van der Waals surface area contributed by atoms with Crippen LogP contribution in [-0.4, -0.2) is 71.3 Å². The van der Waals surface area contributed by atoms with Crippen molar-refractivity contribution in [3.05, 3.63) is 23.9 Å². The molecular weight excluding hydrogens is 441 g/mol. The van der Waals surface area contributed by atoms with E-state index in [0.717, 1.165) is 12.3 Å². The average molecular weight is 466 g/mol. The molecule has 0 radical (unpaired) electrons. The van der Waals surface area contributed by atoms with Gasteiger partial charge in [-0.2, -0.15) is 18.2 Å². The molecule has 2 fully saturated rings. The molecule has 0 spiro atoms. The molecule has 1 saturated carbocycles. The van der Waals surface area contributed by atoms with Gasteiger partial charge in [0.2, 0.25) is 17.7 Å². The second kappa shape index (κ2) is 9.00. The molecule has 1 aliphatic carbocycles. The lowest BCUT2D eigenvalue weighted by Gasteiger charge is -2.40. The zero-order valence-corrected chi connectivity index (χ0v) is 18.3. The minimum absolute atomic E-state index is 0.0343. The van der Waals surface area contributed by atoms with Crippen LogP contribution >= 0.6 is 0 Å². The Morgan fingerprint density at radius 1 is 1.24 bits per heavy atom. The van der Waals surface area contributed by atoms with Crippen molar-refractivity contribution in [1.82, 2.24) is 19.9 Å². The van der Waals surface area contributed by atoms with E-state index in [2.05, 4.69) is 15.0 Å². The first-order valence-electron chi connectivity index (χ1n) is 10.6. The summed E-state index contributed by atoms with van der Waals surface area (Å²) in [5, 5.41) is 0. The molecule has 1 saturated heterocycles. The standard InChI is InChI=1S/C21H25F3N6O3/c1-12(31)29(2)13-7-14(8-13)33-19-10-17(27-20(28-19)30-3-5-32-6-4-30)15-11-26-18(25)9-16(15)21(22,23)24/h9-11,13-14H,3-8H2,1-2H3,(H2,25,26). The number of carbonyl (C=O) groups excluding carboxylic acids is 1. The predicted octanol–water partition coefficient (Wildman–Crippen LogP) is 2.36. The summed E-state index contributed by atoms with van der Waals surface area (Å²) in [6.07, 6.45) is -2.56. The first-order valence-corrected chi connectivity index (χ1v) is 10.6. The lowest BCUT2D eigenvalue weighted by molar-refractivity contribution is -0.137. The van der Waals surface area contributed by atoms with Crippen molar-refractivity contribution in [3.63, 3.8) is 0 Å². The lowest BCUT2D eigenvalue weighted by Crippen LogP contribution is -2.49. The minimum atomic E-state index is -4.64. The molecule has 0 bridgehead atoms. The molecule has 2 aromatic rings. The molecule has 0 unspecified atom stereocenters. The van der Waals surface area contributed by atoms with Crippen molar-refractivity contribution in [2.45, 2.75) is 38.1 Å². The van der Waals surface area contributed by atoms with Gasteiger partial charge in [-0.05, 0) is 6.07 Å². The largest absolute Gasteiger partial charge is 0.474 e. The Labute approximate surface area is 188 Å². The Bertz CT molecular complexity index is 1020. The van der Waals surface area contributed by atoms with Crippen LogP contribution in [0.1, 0.15) is 25.3 Å². The topological polar surface area (TPSA) is 107 Å². The van der Waals surface area contributed by atoms with E-state index in [1.807, 2.05) is 4.90 Å². The van der Waals surface area contributed by atoms with Crippen molar-refractivity contribution >= 4 is 17.7 Å². The second-order valence-corrected chi connectivity index (χ2v) is 8.14. The maximum absolute atomic E-state index is 13.7. The first kappa shape index (κ1) is 23.0. The van der Waals surface area contributed by atoms with E-state index >= 15 is 0 Å². The molecule has 9 nitrogen and oxygen atoms in total. The number of nitrogens with zero attached hydrogens (tertiary/aromatic N) is 5. The molecule has 0 atom stereocenters. The monoisotopic (exact) mass is 466 g/mol. The molecule has 178 valence electrons. The van der Waals surface area contributed by atoms with Crippen LogP contribution in [0.4, 0.5) is 24.9 Å². The summed E-state index contributed by atoms with van der Waals surface area (Å²) in [7, 11) is 1.73. The van der Waals surface area contributed by atoms with Gasteiger partial charge in [-0.1, -0.05) is 0 Å². The first-order chi connectivity index (χ1) is 15.6. The molecule has 2 N–H and O–H groups in total. The van der Waals surface area contributed by atoms with E-state index in [-0.39, 0.29) is 47.0 Å². The third-order valence-corrected chi connectivity index (χ3v) is 5.89. The van der Waals surface area contributed by atoms with Crippen molar-refractivity contribution in [2.75, 3.05) is 44.0 Å². The summed E-state index contributed by atoms with van der Waals surface area (Å²) in [6.45, 7) is 3.43. The van der Waals surface area contributed by atoms with E-state index in [4.69, 9.17) is 15.2 Å². The number of anilines is 2. The van der Waals surface area contributed by atoms with E-state index in [0.29, 0.717) is 39.1 Å². The number of aromatic nitrogens is 3. The SMILES string of the molecule is CC(=O)N(C)C1CC(Oc2cc(-c3cnc(N)cc3C(F)(F)F)nc(N3CCOCC3)n2)C1. The molecule has 3 heterocycles. The van der Waals surface area contributed by atoms with Crippen LogP contribution in [0.15, 0.2) is 18.3 Å². The molecule has 4 rings (SSSR count). The Kier molecular flexibility index (Phi) is 6.28. The van der Waals surface area contributed by atoms with E-state index < -0.39 is 11.7 Å².